The van der Waals surface area contributed by atoms with Crippen molar-refractivity contribution in [1.82, 2.24) is 4.98 Å². The van der Waals surface area contributed by atoms with Crippen molar-refractivity contribution in [2.24, 2.45) is 0 Å². The van der Waals surface area contributed by atoms with Crippen molar-refractivity contribution < 1.29 is 9.84 Å². The predicted molar refractivity (Wildman–Crippen MR) is 74.5 cm³/mol. The van der Waals surface area contributed by atoms with Crippen molar-refractivity contribution in [3.63, 3.8) is 0 Å². The normalized spacial score (nSPS) is 11.6. The Kier molecular flexibility index (Phi) is 3.30. The molecule has 1 N–H and O–H groups in total. The highest BCUT2D eigenvalue weighted by atomic mass is 32.1. The maximum atomic E-state index is 9.32. The second kappa shape index (κ2) is 4.61. The minimum Gasteiger partial charge on any atom is -0.496 e. The molecule has 2 aromatic rings. The highest BCUT2D eigenvalue weighted by Gasteiger charge is 2.20. The molecule has 0 saturated carbocycles. The molecule has 96 valence electrons. The van der Waals surface area contributed by atoms with Crippen LogP contribution >= 0.6 is 11.3 Å². The first-order valence-corrected chi connectivity index (χ1v) is 6.63. The first-order valence-electron chi connectivity index (χ1n) is 5.75. The summed E-state index contributed by atoms with van der Waals surface area (Å²) in [4.78, 5) is 4.09. The van der Waals surface area contributed by atoms with E-state index in [1.807, 2.05) is 12.1 Å². The fraction of sp³-hybridized carbons (Fsp3) is 0.357. The lowest BCUT2D eigenvalue weighted by Crippen LogP contribution is -2.12. The van der Waals surface area contributed by atoms with Gasteiger partial charge in [0.25, 0.3) is 0 Å². The molecule has 1 aromatic heterocycles. The smallest absolute Gasteiger partial charge is 0.222 e. The molecule has 2 rings (SSSR count). The first kappa shape index (κ1) is 12.9. The van der Waals surface area contributed by atoms with Gasteiger partial charge in [-0.1, -0.05) is 20.8 Å². The number of nitrogens with zero attached hydrogens (tertiary/aromatic N) is 1. The third-order valence-electron chi connectivity index (χ3n) is 2.75. The molecule has 1 heterocycles. The zero-order valence-electron chi connectivity index (χ0n) is 11.0. The largest absolute Gasteiger partial charge is 0.496 e. The van der Waals surface area contributed by atoms with E-state index in [2.05, 4.69) is 31.8 Å². The van der Waals surface area contributed by atoms with Crippen molar-refractivity contribution in [1.29, 1.82) is 0 Å². The summed E-state index contributed by atoms with van der Waals surface area (Å²) in [6, 6.07) is 6.00. The average Bonchev–Trinajstić information content (AvgIpc) is 2.74. The van der Waals surface area contributed by atoms with Crippen molar-refractivity contribution in [2.75, 3.05) is 7.11 Å². The standard InChI is InChI=1S/C14H17NO2S/c1-14(2,3)10-7-9(5-6-11(10)17-4)13-15-12(16)8-18-13/h5-8,16H,1-4H3. The second-order valence-corrected chi connectivity index (χ2v) is 6.03. The number of hydrogen-bond acceptors (Lipinski definition) is 4. The predicted octanol–water partition coefficient (Wildman–Crippen LogP) is 3.82. The molecule has 0 unspecified atom stereocenters. The summed E-state index contributed by atoms with van der Waals surface area (Å²) in [6.07, 6.45) is 0. The van der Waals surface area contributed by atoms with E-state index in [1.165, 1.54) is 11.3 Å². The van der Waals surface area contributed by atoms with E-state index in [4.69, 9.17) is 4.74 Å². The van der Waals surface area contributed by atoms with Crippen LogP contribution in [-0.2, 0) is 5.41 Å². The van der Waals surface area contributed by atoms with Crippen molar-refractivity contribution >= 4 is 11.3 Å². The summed E-state index contributed by atoms with van der Waals surface area (Å²) in [5.41, 5.74) is 2.14. The molecule has 1 aromatic carbocycles. The van der Waals surface area contributed by atoms with Gasteiger partial charge in [0.15, 0.2) is 0 Å². The lowest BCUT2D eigenvalue weighted by atomic mass is 9.85. The minimum absolute atomic E-state index is 0.000652. The second-order valence-electron chi connectivity index (χ2n) is 5.18. The van der Waals surface area contributed by atoms with Gasteiger partial charge in [-0.25, -0.2) is 4.98 Å². The van der Waals surface area contributed by atoms with Gasteiger partial charge >= 0.3 is 0 Å². The van der Waals surface area contributed by atoms with Crippen LogP contribution in [0.2, 0.25) is 0 Å². The van der Waals surface area contributed by atoms with Gasteiger partial charge in [-0.2, -0.15) is 0 Å². The van der Waals surface area contributed by atoms with Gasteiger partial charge in [-0.3, -0.25) is 0 Å². The first-order chi connectivity index (χ1) is 8.41. The summed E-state index contributed by atoms with van der Waals surface area (Å²) in [7, 11) is 1.68. The highest BCUT2D eigenvalue weighted by molar-refractivity contribution is 7.13. The maximum absolute atomic E-state index is 9.32. The Balaban J connectivity index is 2.52. The van der Waals surface area contributed by atoms with Crippen LogP contribution in [0.4, 0.5) is 0 Å². The number of methoxy groups -OCH3 is 1. The van der Waals surface area contributed by atoms with E-state index in [-0.39, 0.29) is 11.3 Å². The van der Waals surface area contributed by atoms with Crippen LogP contribution in [0.15, 0.2) is 23.6 Å². The Morgan fingerprint density at radius 2 is 2.00 bits per heavy atom. The molecule has 0 fully saturated rings. The minimum atomic E-state index is 0.000652. The fourth-order valence-electron chi connectivity index (χ4n) is 1.82. The molecule has 0 aliphatic carbocycles. The number of benzene rings is 1. The van der Waals surface area contributed by atoms with E-state index in [1.54, 1.807) is 12.5 Å². The topological polar surface area (TPSA) is 42.4 Å². The molecular weight excluding hydrogens is 246 g/mol. The summed E-state index contributed by atoms with van der Waals surface area (Å²) in [5.74, 6) is 0.954. The molecule has 0 atom stereocenters. The molecule has 4 heteroatoms. The highest BCUT2D eigenvalue weighted by Crippen LogP contribution is 2.36. The Morgan fingerprint density at radius 3 is 2.50 bits per heavy atom. The number of thiazole rings is 1. The maximum Gasteiger partial charge on any atom is 0.222 e. The third kappa shape index (κ3) is 2.48. The van der Waals surface area contributed by atoms with Crippen LogP contribution in [-0.4, -0.2) is 17.2 Å². The van der Waals surface area contributed by atoms with Crippen LogP contribution in [0.5, 0.6) is 11.6 Å². The van der Waals surface area contributed by atoms with Crippen LogP contribution in [0.1, 0.15) is 26.3 Å². The molecule has 18 heavy (non-hydrogen) atoms. The van der Waals surface area contributed by atoms with E-state index in [0.717, 1.165) is 21.9 Å². The summed E-state index contributed by atoms with van der Waals surface area (Å²) >= 11 is 1.43. The van der Waals surface area contributed by atoms with Gasteiger partial charge in [0.2, 0.25) is 5.88 Å². The zero-order chi connectivity index (χ0) is 13.3. The van der Waals surface area contributed by atoms with E-state index in [0.29, 0.717) is 0 Å². The van der Waals surface area contributed by atoms with Crippen molar-refractivity contribution in [3.05, 3.63) is 29.1 Å². The van der Waals surface area contributed by atoms with Gasteiger partial charge in [0, 0.05) is 11.1 Å². The van der Waals surface area contributed by atoms with E-state index < -0.39 is 0 Å². The monoisotopic (exact) mass is 263 g/mol. The quantitative estimate of drug-likeness (QED) is 0.895. The molecule has 0 aliphatic rings. The van der Waals surface area contributed by atoms with Gasteiger partial charge in [-0.15, -0.1) is 11.3 Å². The molecule has 3 nitrogen and oxygen atoms in total. The van der Waals surface area contributed by atoms with E-state index >= 15 is 0 Å². The van der Waals surface area contributed by atoms with Crippen LogP contribution in [0.3, 0.4) is 0 Å². The summed E-state index contributed by atoms with van der Waals surface area (Å²) < 4.78 is 5.40. The summed E-state index contributed by atoms with van der Waals surface area (Å²) in [5, 5.41) is 11.8. The van der Waals surface area contributed by atoms with Gasteiger partial charge < -0.3 is 9.84 Å². The Labute approximate surface area is 111 Å². The molecular formula is C14H17NO2S. The van der Waals surface area contributed by atoms with Crippen molar-refractivity contribution in [3.8, 4) is 22.2 Å². The van der Waals surface area contributed by atoms with Crippen LogP contribution in [0.25, 0.3) is 10.6 Å². The van der Waals surface area contributed by atoms with Gasteiger partial charge in [0.1, 0.15) is 10.8 Å². The average molecular weight is 263 g/mol. The molecule has 0 spiro atoms. The molecule has 0 amide bonds. The Hall–Kier alpha value is -1.55. The van der Waals surface area contributed by atoms with Crippen LogP contribution in [0, 0.1) is 0 Å². The number of rotatable bonds is 2. The zero-order valence-corrected chi connectivity index (χ0v) is 11.8. The molecule has 0 saturated heterocycles. The molecule has 0 aliphatic heterocycles. The number of aromatic hydroxyl groups is 1. The molecule has 0 bridgehead atoms. The molecule has 0 radical (unpaired) electrons. The van der Waals surface area contributed by atoms with Crippen LogP contribution < -0.4 is 4.74 Å². The Morgan fingerprint density at radius 1 is 1.28 bits per heavy atom. The Bertz CT molecular complexity index is 555. The lowest BCUT2D eigenvalue weighted by Gasteiger charge is -2.22. The SMILES string of the molecule is COc1ccc(-c2nc(O)cs2)cc1C(C)(C)C. The summed E-state index contributed by atoms with van der Waals surface area (Å²) in [6.45, 7) is 6.44. The van der Waals surface area contributed by atoms with Crippen molar-refractivity contribution in [2.45, 2.75) is 26.2 Å². The van der Waals surface area contributed by atoms with Gasteiger partial charge in [0.05, 0.1) is 12.5 Å². The number of hydrogen-bond donors (Lipinski definition) is 1. The van der Waals surface area contributed by atoms with Gasteiger partial charge in [-0.05, 0) is 23.6 Å². The number of ether oxygens (including phenoxy) is 1. The fourth-order valence-corrected chi connectivity index (χ4v) is 2.50. The number of aromatic nitrogens is 1. The lowest BCUT2D eigenvalue weighted by molar-refractivity contribution is 0.397. The third-order valence-corrected chi connectivity index (χ3v) is 3.63. The van der Waals surface area contributed by atoms with E-state index in [9.17, 15) is 5.11 Å².